The molecule has 1 heterocycles. The molecule has 0 saturated heterocycles. The first-order chi connectivity index (χ1) is 8.53. The van der Waals surface area contributed by atoms with Crippen molar-refractivity contribution in [3.63, 3.8) is 0 Å². The fraction of sp³-hybridized carbons (Fsp3) is 0.700. The van der Waals surface area contributed by atoms with Crippen LogP contribution >= 0.6 is 0 Å². The average molecular weight is 275 g/mol. The lowest BCUT2D eigenvalue weighted by atomic mass is 9.80. The van der Waals surface area contributed by atoms with Crippen molar-refractivity contribution < 1.29 is 18.3 Å². The van der Waals surface area contributed by atoms with Crippen molar-refractivity contribution in [2.24, 2.45) is 0 Å². The van der Waals surface area contributed by atoms with Crippen molar-refractivity contribution in [2.45, 2.75) is 36.5 Å². The molecule has 8 heteroatoms. The van der Waals surface area contributed by atoms with E-state index in [1.165, 1.54) is 6.20 Å². The van der Waals surface area contributed by atoms with Crippen LogP contribution in [0.2, 0.25) is 0 Å². The minimum absolute atomic E-state index is 0.0874. The highest BCUT2D eigenvalue weighted by Gasteiger charge is 2.38. The summed E-state index contributed by atoms with van der Waals surface area (Å²) < 4.78 is 31.9. The van der Waals surface area contributed by atoms with Gasteiger partial charge in [-0.2, -0.15) is 5.10 Å². The molecule has 0 aromatic carbocycles. The first kappa shape index (κ1) is 13.5. The zero-order chi connectivity index (χ0) is 13.2. The number of aromatic nitrogens is 2. The molecule has 0 aliphatic heterocycles. The summed E-state index contributed by atoms with van der Waals surface area (Å²) in [5, 5.41) is 14.9. The predicted molar refractivity (Wildman–Crippen MR) is 63.3 cm³/mol. The molecule has 0 radical (unpaired) electrons. The Morgan fingerprint density at radius 3 is 2.83 bits per heavy atom. The van der Waals surface area contributed by atoms with Crippen LogP contribution in [-0.4, -0.2) is 43.0 Å². The molecule has 2 rings (SSSR count). The standard InChI is InChI=1S/C10H17N3O4S/c1-17-10(3-2-4-10)7-12-18(15,16)9-8(6-14)5-11-13-9/h5,12,14H,2-4,6-7H2,1H3,(H,11,13). The van der Waals surface area contributed by atoms with Crippen molar-refractivity contribution in [1.29, 1.82) is 0 Å². The molecule has 0 unspecified atom stereocenters. The molecule has 0 bridgehead atoms. The van der Waals surface area contributed by atoms with Crippen LogP contribution in [0.5, 0.6) is 0 Å². The van der Waals surface area contributed by atoms with E-state index in [2.05, 4.69) is 14.9 Å². The van der Waals surface area contributed by atoms with Crippen LogP contribution in [-0.2, 0) is 21.4 Å². The summed E-state index contributed by atoms with van der Waals surface area (Å²) in [6.45, 7) is -0.141. The molecule has 0 amide bonds. The van der Waals surface area contributed by atoms with Crippen LogP contribution in [0.25, 0.3) is 0 Å². The Labute approximate surface area is 106 Å². The monoisotopic (exact) mass is 275 g/mol. The molecular weight excluding hydrogens is 258 g/mol. The number of aromatic amines is 1. The van der Waals surface area contributed by atoms with Gasteiger partial charge < -0.3 is 9.84 Å². The fourth-order valence-electron chi connectivity index (χ4n) is 1.97. The van der Waals surface area contributed by atoms with Crippen molar-refractivity contribution in [2.75, 3.05) is 13.7 Å². The van der Waals surface area contributed by atoms with E-state index in [1.54, 1.807) is 7.11 Å². The van der Waals surface area contributed by atoms with Gasteiger partial charge in [0, 0.05) is 19.2 Å². The van der Waals surface area contributed by atoms with E-state index >= 15 is 0 Å². The lowest BCUT2D eigenvalue weighted by Crippen LogP contribution is -2.49. The molecule has 7 nitrogen and oxygen atoms in total. The third-order valence-corrected chi connectivity index (χ3v) is 4.81. The Morgan fingerprint density at radius 1 is 1.61 bits per heavy atom. The molecule has 1 saturated carbocycles. The maximum Gasteiger partial charge on any atom is 0.257 e. The molecule has 18 heavy (non-hydrogen) atoms. The number of sulfonamides is 1. The molecular formula is C10H17N3O4S. The van der Waals surface area contributed by atoms with Crippen molar-refractivity contribution in [3.05, 3.63) is 11.8 Å². The number of nitrogens with zero attached hydrogens (tertiary/aromatic N) is 1. The number of methoxy groups -OCH3 is 1. The van der Waals surface area contributed by atoms with Crippen LogP contribution in [0.3, 0.4) is 0 Å². The second-order valence-corrected chi connectivity index (χ2v) is 6.15. The van der Waals surface area contributed by atoms with E-state index in [0.717, 1.165) is 19.3 Å². The van der Waals surface area contributed by atoms with Gasteiger partial charge >= 0.3 is 0 Å². The Balaban J connectivity index is 2.08. The van der Waals surface area contributed by atoms with Crippen molar-refractivity contribution in [1.82, 2.24) is 14.9 Å². The van der Waals surface area contributed by atoms with Gasteiger partial charge in [0.25, 0.3) is 10.0 Å². The van der Waals surface area contributed by atoms with Gasteiger partial charge in [-0.15, -0.1) is 0 Å². The van der Waals surface area contributed by atoms with Crippen LogP contribution < -0.4 is 4.72 Å². The highest BCUT2D eigenvalue weighted by atomic mass is 32.2. The van der Waals surface area contributed by atoms with Gasteiger partial charge in [-0.1, -0.05) is 0 Å². The summed E-state index contributed by atoms with van der Waals surface area (Å²) in [6, 6.07) is 0. The number of H-pyrrole nitrogens is 1. The number of rotatable bonds is 6. The first-order valence-electron chi connectivity index (χ1n) is 5.71. The Bertz CT molecular complexity index is 501. The highest BCUT2D eigenvalue weighted by molar-refractivity contribution is 7.89. The van der Waals surface area contributed by atoms with E-state index in [1.807, 2.05) is 0 Å². The lowest BCUT2D eigenvalue weighted by molar-refractivity contribution is -0.0659. The summed E-state index contributed by atoms with van der Waals surface area (Å²) in [4.78, 5) is 0. The van der Waals surface area contributed by atoms with Gasteiger partial charge in [0.15, 0.2) is 5.03 Å². The molecule has 1 aromatic heterocycles. The second kappa shape index (κ2) is 4.96. The van der Waals surface area contributed by atoms with Crippen molar-refractivity contribution >= 4 is 10.0 Å². The molecule has 0 atom stereocenters. The fourth-order valence-corrected chi connectivity index (χ4v) is 3.20. The van der Waals surface area contributed by atoms with E-state index < -0.39 is 10.0 Å². The molecule has 3 N–H and O–H groups in total. The number of hydrogen-bond acceptors (Lipinski definition) is 5. The minimum atomic E-state index is -3.69. The number of ether oxygens (including phenoxy) is 1. The second-order valence-electron chi connectivity index (χ2n) is 4.45. The van der Waals surface area contributed by atoms with Crippen molar-refractivity contribution in [3.8, 4) is 0 Å². The molecule has 0 spiro atoms. The number of hydrogen-bond donors (Lipinski definition) is 3. The lowest BCUT2D eigenvalue weighted by Gasteiger charge is -2.40. The van der Waals surface area contributed by atoms with Gasteiger partial charge in [-0.3, -0.25) is 5.10 Å². The quantitative estimate of drug-likeness (QED) is 0.664. The SMILES string of the molecule is COC1(CNS(=O)(=O)c2[nH]ncc2CO)CCC1. The van der Waals surface area contributed by atoms with Gasteiger partial charge in [-0.05, 0) is 19.3 Å². The molecule has 1 aliphatic rings. The summed E-state index contributed by atoms with van der Waals surface area (Å²) >= 11 is 0. The normalized spacial score (nSPS) is 18.6. The number of nitrogens with one attached hydrogen (secondary N) is 2. The van der Waals surface area contributed by atoms with Crippen LogP contribution in [0.1, 0.15) is 24.8 Å². The van der Waals surface area contributed by atoms with Gasteiger partial charge in [0.1, 0.15) is 0 Å². The van der Waals surface area contributed by atoms with E-state index in [4.69, 9.17) is 9.84 Å². The topological polar surface area (TPSA) is 104 Å². The Kier molecular flexibility index (Phi) is 3.71. The Morgan fingerprint density at radius 2 is 2.33 bits per heavy atom. The minimum Gasteiger partial charge on any atom is -0.392 e. The average Bonchev–Trinajstić information content (AvgIpc) is 2.77. The van der Waals surface area contributed by atoms with E-state index in [0.29, 0.717) is 0 Å². The van der Waals surface area contributed by atoms with Crippen LogP contribution in [0, 0.1) is 0 Å². The molecule has 1 fully saturated rings. The van der Waals surface area contributed by atoms with Gasteiger partial charge in [0.2, 0.25) is 0 Å². The molecule has 1 aromatic rings. The Hall–Kier alpha value is -0.960. The van der Waals surface area contributed by atoms with Crippen LogP contribution in [0.4, 0.5) is 0 Å². The maximum atomic E-state index is 12.0. The zero-order valence-corrected chi connectivity index (χ0v) is 11.0. The third kappa shape index (κ3) is 2.41. The smallest absolute Gasteiger partial charge is 0.257 e. The largest absolute Gasteiger partial charge is 0.392 e. The zero-order valence-electron chi connectivity index (χ0n) is 10.1. The van der Waals surface area contributed by atoms with Crippen LogP contribution in [0.15, 0.2) is 11.2 Å². The molecule has 1 aliphatic carbocycles. The maximum absolute atomic E-state index is 12.0. The summed E-state index contributed by atoms with van der Waals surface area (Å²) in [7, 11) is -2.10. The summed E-state index contributed by atoms with van der Waals surface area (Å²) in [5.74, 6) is 0. The van der Waals surface area contributed by atoms with Gasteiger partial charge in [-0.25, -0.2) is 13.1 Å². The predicted octanol–water partition coefficient (Wildman–Crippen LogP) is -0.251. The molecule has 102 valence electrons. The number of aliphatic hydroxyl groups excluding tert-OH is 1. The third-order valence-electron chi connectivity index (χ3n) is 3.40. The number of aliphatic hydroxyl groups is 1. The summed E-state index contributed by atoms with van der Waals surface area (Å²) in [6.07, 6.45) is 4.04. The van der Waals surface area contributed by atoms with E-state index in [-0.39, 0.29) is 29.3 Å². The van der Waals surface area contributed by atoms with E-state index in [9.17, 15) is 8.42 Å². The van der Waals surface area contributed by atoms with Gasteiger partial charge in [0.05, 0.1) is 18.4 Å². The highest BCUT2D eigenvalue weighted by Crippen LogP contribution is 2.34. The first-order valence-corrected chi connectivity index (χ1v) is 7.19. The summed E-state index contributed by atoms with van der Waals surface area (Å²) in [5.41, 5.74) is -0.130.